The maximum Gasteiger partial charge on any atom is 0.322 e. The van der Waals surface area contributed by atoms with Gasteiger partial charge < -0.3 is 20.6 Å². The van der Waals surface area contributed by atoms with Crippen molar-refractivity contribution in [1.29, 1.82) is 0 Å². The Balaban J connectivity index is 1.61. The quantitative estimate of drug-likeness (QED) is 0.784. The maximum absolute atomic E-state index is 12.9. The van der Waals surface area contributed by atoms with Crippen molar-refractivity contribution in [3.8, 4) is 0 Å². The molecule has 3 amide bonds. The van der Waals surface area contributed by atoms with Crippen LogP contribution >= 0.6 is 0 Å². The first-order chi connectivity index (χ1) is 12.5. The summed E-state index contributed by atoms with van der Waals surface area (Å²) in [5.74, 6) is -0.697. The van der Waals surface area contributed by atoms with E-state index in [1.165, 1.54) is 17.0 Å². The third kappa shape index (κ3) is 4.37. The zero-order valence-corrected chi connectivity index (χ0v) is 14.1. The van der Waals surface area contributed by atoms with Gasteiger partial charge in [-0.1, -0.05) is 30.3 Å². The molecule has 0 saturated carbocycles. The first kappa shape index (κ1) is 17.9. The fourth-order valence-corrected chi connectivity index (χ4v) is 2.91. The molecule has 7 heteroatoms. The lowest BCUT2D eigenvalue weighted by atomic mass is 10.1. The number of nitrogens with one attached hydrogen (secondary N) is 2. The number of anilines is 1. The molecule has 0 aliphatic carbocycles. The van der Waals surface area contributed by atoms with Crippen LogP contribution in [-0.2, 0) is 11.3 Å². The molecule has 0 aromatic heterocycles. The summed E-state index contributed by atoms with van der Waals surface area (Å²) in [6.45, 7) is 0.313. The van der Waals surface area contributed by atoms with Gasteiger partial charge in [-0.25, -0.2) is 9.18 Å². The minimum Gasteiger partial charge on any atom is -0.391 e. The number of rotatable bonds is 4. The van der Waals surface area contributed by atoms with Gasteiger partial charge >= 0.3 is 6.03 Å². The van der Waals surface area contributed by atoms with E-state index in [0.29, 0.717) is 5.69 Å². The number of hydrogen-bond donors (Lipinski definition) is 3. The first-order valence-corrected chi connectivity index (χ1v) is 8.36. The smallest absolute Gasteiger partial charge is 0.322 e. The van der Waals surface area contributed by atoms with Crippen LogP contribution in [0, 0.1) is 5.82 Å². The highest BCUT2D eigenvalue weighted by Gasteiger charge is 2.38. The van der Waals surface area contributed by atoms with E-state index in [4.69, 9.17) is 0 Å². The number of carbonyl (C=O) groups is 2. The van der Waals surface area contributed by atoms with Crippen LogP contribution in [0.2, 0.25) is 0 Å². The molecule has 0 bridgehead atoms. The molecule has 0 unspecified atom stereocenters. The SMILES string of the molecule is O=C(NCc1ccc(F)cc1)[C@@H]1C[C@@H](O)CN1C(=O)Nc1ccccc1. The van der Waals surface area contributed by atoms with Crippen LogP contribution in [0.1, 0.15) is 12.0 Å². The van der Waals surface area contributed by atoms with Crippen molar-refractivity contribution in [2.24, 2.45) is 0 Å². The molecule has 6 nitrogen and oxygen atoms in total. The number of hydrogen-bond acceptors (Lipinski definition) is 3. The van der Waals surface area contributed by atoms with E-state index in [1.54, 1.807) is 36.4 Å². The second-order valence-corrected chi connectivity index (χ2v) is 6.20. The van der Waals surface area contributed by atoms with Crippen LogP contribution in [0.25, 0.3) is 0 Å². The predicted molar refractivity (Wildman–Crippen MR) is 94.8 cm³/mol. The van der Waals surface area contributed by atoms with Gasteiger partial charge in [-0.2, -0.15) is 0 Å². The Morgan fingerprint density at radius 1 is 1.12 bits per heavy atom. The highest BCUT2D eigenvalue weighted by atomic mass is 19.1. The summed E-state index contributed by atoms with van der Waals surface area (Å²) < 4.78 is 12.9. The van der Waals surface area contributed by atoms with Crippen molar-refractivity contribution in [3.63, 3.8) is 0 Å². The Hall–Kier alpha value is -2.93. The highest BCUT2D eigenvalue weighted by Crippen LogP contribution is 2.20. The monoisotopic (exact) mass is 357 g/mol. The molecule has 0 spiro atoms. The standard InChI is InChI=1S/C19H20FN3O3/c20-14-8-6-13(7-9-14)11-21-18(25)17-10-16(24)12-23(17)19(26)22-15-4-2-1-3-5-15/h1-9,16-17,24H,10-12H2,(H,21,25)(H,22,26)/t16-,17+/m1/s1. The van der Waals surface area contributed by atoms with Gasteiger partial charge in [0, 0.05) is 25.2 Å². The summed E-state index contributed by atoms with van der Waals surface area (Å²) in [5.41, 5.74) is 1.36. The average molecular weight is 357 g/mol. The second kappa shape index (κ2) is 7.97. The van der Waals surface area contributed by atoms with Gasteiger partial charge in [-0.15, -0.1) is 0 Å². The Kier molecular flexibility index (Phi) is 5.48. The van der Waals surface area contributed by atoms with E-state index >= 15 is 0 Å². The average Bonchev–Trinajstić information content (AvgIpc) is 3.04. The summed E-state index contributed by atoms with van der Waals surface area (Å²) in [6, 6.07) is 13.5. The van der Waals surface area contributed by atoms with Crippen LogP contribution in [0.3, 0.4) is 0 Å². The largest absolute Gasteiger partial charge is 0.391 e. The molecule has 2 aromatic carbocycles. The van der Waals surface area contributed by atoms with Crippen molar-refractivity contribution < 1.29 is 19.1 Å². The number of urea groups is 1. The maximum atomic E-state index is 12.9. The number of amides is 3. The molecular weight excluding hydrogens is 337 g/mol. The topological polar surface area (TPSA) is 81.7 Å². The van der Waals surface area contributed by atoms with Gasteiger partial charge in [0.05, 0.1) is 6.10 Å². The lowest BCUT2D eigenvalue weighted by Crippen LogP contribution is -2.47. The van der Waals surface area contributed by atoms with Gasteiger partial charge in [0.2, 0.25) is 5.91 Å². The number of para-hydroxylation sites is 1. The Morgan fingerprint density at radius 2 is 1.81 bits per heavy atom. The molecule has 1 saturated heterocycles. The van der Waals surface area contributed by atoms with Gasteiger partial charge in [0.1, 0.15) is 11.9 Å². The predicted octanol–water partition coefficient (Wildman–Crippen LogP) is 2.11. The summed E-state index contributed by atoms with van der Waals surface area (Å²) in [4.78, 5) is 26.3. The molecule has 0 radical (unpaired) electrons. The molecule has 1 aliphatic rings. The molecule has 1 aliphatic heterocycles. The van der Waals surface area contributed by atoms with E-state index in [9.17, 15) is 19.1 Å². The first-order valence-electron chi connectivity index (χ1n) is 8.36. The number of aliphatic hydroxyl groups excluding tert-OH is 1. The molecule has 136 valence electrons. The van der Waals surface area contributed by atoms with Crippen LogP contribution in [0.15, 0.2) is 54.6 Å². The fraction of sp³-hybridized carbons (Fsp3) is 0.263. The third-order valence-corrected chi connectivity index (χ3v) is 4.25. The van der Waals surface area contributed by atoms with E-state index < -0.39 is 18.2 Å². The number of carbonyl (C=O) groups excluding carboxylic acids is 2. The second-order valence-electron chi connectivity index (χ2n) is 6.20. The Bertz CT molecular complexity index is 767. The van der Waals surface area contributed by atoms with Crippen molar-refractivity contribution >= 4 is 17.6 Å². The van der Waals surface area contributed by atoms with Crippen molar-refractivity contribution in [2.75, 3.05) is 11.9 Å². The number of halogens is 1. The van der Waals surface area contributed by atoms with Gasteiger partial charge in [0.25, 0.3) is 0 Å². The highest BCUT2D eigenvalue weighted by molar-refractivity contribution is 5.94. The molecule has 1 heterocycles. The van der Waals surface area contributed by atoms with E-state index in [0.717, 1.165) is 5.56 Å². The minimum atomic E-state index is -0.755. The van der Waals surface area contributed by atoms with Gasteiger partial charge in [0.15, 0.2) is 0 Å². The number of likely N-dealkylation sites (tertiary alicyclic amines) is 1. The number of aliphatic hydroxyl groups is 1. The third-order valence-electron chi connectivity index (χ3n) is 4.25. The fourth-order valence-electron chi connectivity index (χ4n) is 2.91. The lowest BCUT2D eigenvalue weighted by Gasteiger charge is -2.24. The molecule has 3 N–H and O–H groups in total. The molecular formula is C19H20FN3O3. The van der Waals surface area contributed by atoms with Gasteiger partial charge in [-0.05, 0) is 29.8 Å². The van der Waals surface area contributed by atoms with Crippen molar-refractivity contribution in [2.45, 2.75) is 25.1 Å². The zero-order valence-electron chi connectivity index (χ0n) is 14.1. The molecule has 26 heavy (non-hydrogen) atoms. The molecule has 2 aromatic rings. The van der Waals surface area contributed by atoms with E-state index in [2.05, 4.69) is 10.6 Å². The number of nitrogens with zero attached hydrogens (tertiary/aromatic N) is 1. The van der Waals surface area contributed by atoms with E-state index in [-0.39, 0.29) is 31.2 Å². The van der Waals surface area contributed by atoms with Crippen LogP contribution in [0.5, 0.6) is 0 Å². The molecule has 2 atom stereocenters. The Labute approximate surface area is 150 Å². The molecule has 1 fully saturated rings. The summed E-state index contributed by atoms with van der Waals surface area (Å²) >= 11 is 0. The number of β-amino-alcohol motifs (C(OH)–C–C–N with tert-alkyl or cyclic N) is 1. The normalized spacial score (nSPS) is 19.2. The summed E-state index contributed by atoms with van der Waals surface area (Å²) in [6.07, 6.45) is -0.574. The lowest BCUT2D eigenvalue weighted by molar-refractivity contribution is -0.124. The van der Waals surface area contributed by atoms with Crippen molar-refractivity contribution in [3.05, 3.63) is 66.0 Å². The van der Waals surface area contributed by atoms with E-state index in [1.807, 2.05) is 6.07 Å². The van der Waals surface area contributed by atoms with Gasteiger partial charge in [-0.3, -0.25) is 4.79 Å². The zero-order chi connectivity index (χ0) is 18.5. The van der Waals surface area contributed by atoms with Crippen LogP contribution < -0.4 is 10.6 Å². The van der Waals surface area contributed by atoms with Crippen LogP contribution in [0.4, 0.5) is 14.9 Å². The Morgan fingerprint density at radius 3 is 2.50 bits per heavy atom. The summed E-state index contributed by atoms with van der Waals surface area (Å²) in [7, 11) is 0. The minimum absolute atomic E-state index is 0.0906. The van der Waals surface area contributed by atoms with Crippen LogP contribution in [-0.4, -0.2) is 40.6 Å². The van der Waals surface area contributed by atoms with Crippen molar-refractivity contribution in [1.82, 2.24) is 10.2 Å². The molecule has 3 rings (SSSR count). The number of benzene rings is 2. The summed E-state index contributed by atoms with van der Waals surface area (Å²) in [5, 5.41) is 15.4.